The quantitative estimate of drug-likeness (QED) is 0.483. The average Bonchev–Trinajstić information content (AvgIpc) is 2.61. The number of thiophene rings is 1. The molecule has 1 unspecified atom stereocenters. The highest BCUT2D eigenvalue weighted by atomic mass is 32.2. The van der Waals surface area contributed by atoms with Gasteiger partial charge < -0.3 is 10.2 Å². The Bertz CT molecular complexity index is 378. The average molecular weight is 263 g/mol. The number of hydrogen-bond donors (Lipinski definition) is 2. The third kappa shape index (κ3) is 3.18. The molecule has 0 bridgehead atoms. The second kappa shape index (κ2) is 5.62. The maximum absolute atomic E-state index is 10.8. The predicted molar refractivity (Wildman–Crippen MR) is 64.0 cm³/mol. The Balaban J connectivity index is 3.00. The van der Waals surface area contributed by atoms with Gasteiger partial charge in [-0.25, -0.2) is 0 Å². The van der Waals surface area contributed by atoms with Gasteiger partial charge in [0, 0.05) is 16.2 Å². The summed E-state index contributed by atoms with van der Waals surface area (Å²) >= 11 is 2.45. The monoisotopic (exact) mass is 263 g/mol. The van der Waals surface area contributed by atoms with Crippen LogP contribution in [0.25, 0.3) is 0 Å². The Kier molecular flexibility index (Phi) is 4.72. The molecule has 1 aromatic heterocycles. The van der Waals surface area contributed by atoms with E-state index in [1.165, 1.54) is 29.2 Å². The van der Waals surface area contributed by atoms with Crippen LogP contribution in [-0.2, 0) is 0 Å². The van der Waals surface area contributed by atoms with Crippen LogP contribution in [0.3, 0.4) is 0 Å². The van der Waals surface area contributed by atoms with Gasteiger partial charge in [-0.2, -0.15) is 0 Å². The molecule has 0 aromatic carbocycles. The molecule has 0 aliphatic rings. The van der Waals surface area contributed by atoms with Gasteiger partial charge in [0.05, 0.1) is 17.6 Å². The summed E-state index contributed by atoms with van der Waals surface area (Å²) in [5.74, 6) is 0. The SMILES string of the molecule is CC(CO)Sc1sc([C@H](C)O)cc1[N+](=O)[O-]. The van der Waals surface area contributed by atoms with Crippen molar-refractivity contribution in [2.75, 3.05) is 6.61 Å². The Morgan fingerprint density at radius 2 is 2.25 bits per heavy atom. The molecule has 0 radical (unpaired) electrons. The number of nitro groups is 1. The van der Waals surface area contributed by atoms with Crippen LogP contribution in [0.5, 0.6) is 0 Å². The van der Waals surface area contributed by atoms with Gasteiger partial charge in [-0.3, -0.25) is 10.1 Å². The zero-order valence-electron chi connectivity index (χ0n) is 8.91. The van der Waals surface area contributed by atoms with E-state index in [0.717, 1.165) is 0 Å². The number of aliphatic hydroxyl groups is 2. The third-order valence-corrected chi connectivity index (χ3v) is 4.47. The lowest BCUT2D eigenvalue weighted by molar-refractivity contribution is -0.387. The second-order valence-electron chi connectivity index (χ2n) is 3.37. The molecule has 0 saturated carbocycles. The summed E-state index contributed by atoms with van der Waals surface area (Å²) in [7, 11) is 0. The molecule has 1 rings (SSSR count). The summed E-state index contributed by atoms with van der Waals surface area (Å²) in [6.45, 7) is 3.32. The largest absolute Gasteiger partial charge is 0.395 e. The van der Waals surface area contributed by atoms with Gasteiger partial charge in [-0.1, -0.05) is 6.92 Å². The molecule has 7 heteroatoms. The van der Waals surface area contributed by atoms with Gasteiger partial charge in [-0.05, 0) is 6.92 Å². The Morgan fingerprint density at radius 3 is 2.69 bits per heavy atom. The van der Waals surface area contributed by atoms with Gasteiger partial charge >= 0.3 is 0 Å². The maximum Gasteiger partial charge on any atom is 0.294 e. The van der Waals surface area contributed by atoms with Crippen LogP contribution >= 0.6 is 23.1 Å². The molecule has 0 fully saturated rings. The number of rotatable bonds is 5. The van der Waals surface area contributed by atoms with E-state index in [1.807, 2.05) is 0 Å². The van der Waals surface area contributed by atoms with E-state index in [2.05, 4.69) is 0 Å². The summed E-state index contributed by atoms with van der Waals surface area (Å²) < 4.78 is 0.530. The molecule has 5 nitrogen and oxygen atoms in total. The van der Waals surface area contributed by atoms with Crippen molar-refractivity contribution in [1.82, 2.24) is 0 Å². The van der Waals surface area contributed by atoms with Gasteiger partial charge in [0.15, 0.2) is 0 Å². The van der Waals surface area contributed by atoms with Crippen molar-refractivity contribution >= 4 is 28.8 Å². The normalized spacial score (nSPS) is 14.8. The molecule has 0 saturated heterocycles. The minimum absolute atomic E-state index is 0.00574. The van der Waals surface area contributed by atoms with Crippen molar-refractivity contribution in [3.05, 3.63) is 21.1 Å². The molecule has 1 heterocycles. The number of aliphatic hydroxyl groups excluding tert-OH is 2. The van der Waals surface area contributed by atoms with Crippen LogP contribution in [0.2, 0.25) is 0 Å². The second-order valence-corrected chi connectivity index (χ2v) is 6.16. The molecule has 2 atom stereocenters. The Hall–Kier alpha value is -0.630. The minimum Gasteiger partial charge on any atom is -0.395 e. The molecule has 16 heavy (non-hydrogen) atoms. The highest BCUT2D eigenvalue weighted by Gasteiger charge is 2.22. The smallest absolute Gasteiger partial charge is 0.294 e. The maximum atomic E-state index is 10.8. The highest BCUT2D eigenvalue weighted by Crippen LogP contribution is 2.41. The van der Waals surface area contributed by atoms with Crippen molar-refractivity contribution in [3.63, 3.8) is 0 Å². The van der Waals surface area contributed by atoms with Crippen LogP contribution in [-0.4, -0.2) is 27.0 Å². The Morgan fingerprint density at radius 1 is 1.62 bits per heavy atom. The van der Waals surface area contributed by atoms with E-state index in [-0.39, 0.29) is 17.5 Å². The molecule has 1 aromatic rings. The molecule has 0 aliphatic carbocycles. The lowest BCUT2D eigenvalue weighted by Gasteiger charge is -2.04. The lowest BCUT2D eigenvalue weighted by Crippen LogP contribution is -2.01. The molecule has 90 valence electrons. The fourth-order valence-corrected chi connectivity index (χ4v) is 3.48. The van der Waals surface area contributed by atoms with Gasteiger partial charge in [0.25, 0.3) is 5.69 Å². The topological polar surface area (TPSA) is 83.6 Å². The van der Waals surface area contributed by atoms with Gasteiger partial charge in [0.2, 0.25) is 0 Å². The van der Waals surface area contributed by atoms with Crippen molar-refractivity contribution in [2.45, 2.75) is 29.4 Å². The number of nitrogens with zero attached hydrogens (tertiary/aromatic N) is 1. The lowest BCUT2D eigenvalue weighted by atomic mass is 10.3. The van der Waals surface area contributed by atoms with Crippen molar-refractivity contribution in [3.8, 4) is 0 Å². The van der Waals surface area contributed by atoms with Crippen molar-refractivity contribution in [1.29, 1.82) is 0 Å². The first-order valence-electron chi connectivity index (χ1n) is 4.69. The highest BCUT2D eigenvalue weighted by molar-refractivity contribution is 8.01. The summed E-state index contributed by atoms with van der Waals surface area (Å²) in [6, 6.07) is 1.39. The van der Waals surface area contributed by atoms with Crippen LogP contribution in [0.15, 0.2) is 10.3 Å². The molecule has 2 N–H and O–H groups in total. The summed E-state index contributed by atoms with van der Waals surface area (Å²) in [6.07, 6.45) is -0.706. The number of thioether (sulfide) groups is 1. The van der Waals surface area contributed by atoms with Crippen LogP contribution in [0.4, 0.5) is 5.69 Å². The van der Waals surface area contributed by atoms with Gasteiger partial charge in [-0.15, -0.1) is 23.1 Å². The van der Waals surface area contributed by atoms with E-state index in [4.69, 9.17) is 5.11 Å². The van der Waals surface area contributed by atoms with E-state index < -0.39 is 11.0 Å². The van der Waals surface area contributed by atoms with Crippen LogP contribution < -0.4 is 0 Å². The van der Waals surface area contributed by atoms with Crippen molar-refractivity contribution in [2.24, 2.45) is 0 Å². The standard InChI is InChI=1S/C9H13NO4S2/c1-5(4-11)15-9-7(10(13)14)3-8(16-9)6(2)12/h3,5-6,11-12H,4H2,1-2H3/t5?,6-/m0/s1. The summed E-state index contributed by atoms with van der Waals surface area (Å²) in [4.78, 5) is 10.9. The number of hydrogen-bond acceptors (Lipinski definition) is 6. The van der Waals surface area contributed by atoms with Crippen LogP contribution in [0.1, 0.15) is 24.8 Å². The van der Waals surface area contributed by atoms with Crippen molar-refractivity contribution < 1.29 is 15.1 Å². The predicted octanol–water partition coefficient (Wildman–Crippen LogP) is 2.18. The van der Waals surface area contributed by atoms with E-state index in [9.17, 15) is 15.2 Å². The van der Waals surface area contributed by atoms with E-state index >= 15 is 0 Å². The third-order valence-electron chi connectivity index (χ3n) is 1.87. The molecule has 0 aliphatic heterocycles. The molecular formula is C9H13NO4S2. The fraction of sp³-hybridized carbons (Fsp3) is 0.556. The molecular weight excluding hydrogens is 250 g/mol. The first-order valence-corrected chi connectivity index (χ1v) is 6.39. The zero-order chi connectivity index (χ0) is 12.3. The zero-order valence-corrected chi connectivity index (χ0v) is 10.5. The summed E-state index contributed by atoms with van der Waals surface area (Å²) in [5, 5.41) is 29.0. The van der Waals surface area contributed by atoms with Crippen LogP contribution in [0, 0.1) is 10.1 Å². The van der Waals surface area contributed by atoms with Gasteiger partial charge in [0.1, 0.15) is 4.21 Å². The molecule has 0 amide bonds. The Labute approximate surface area is 101 Å². The first kappa shape index (κ1) is 13.4. The minimum atomic E-state index is -0.706. The first-order chi connectivity index (χ1) is 7.45. The molecule has 0 spiro atoms. The fourth-order valence-electron chi connectivity index (χ4n) is 1.02. The van der Waals surface area contributed by atoms with E-state index in [0.29, 0.717) is 9.09 Å². The summed E-state index contributed by atoms with van der Waals surface area (Å²) in [5.41, 5.74) is 0.00574. The van der Waals surface area contributed by atoms with E-state index in [1.54, 1.807) is 13.8 Å².